The fraction of sp³-hybridized carbons (Fsp3) is 0.133. The molecule has 3 rings (SSSR count). The quantitative estimate of drug-likeness (QED) is 0.857. The molecule has 0 aliphatic carbocycles. The Morgan fingerprint density at radius 1 is 0.947 bits per heavy atom. The van der Waals surface area contributed by atoms with Gasteiger partial charge in [-0.1, -0.05) is 12.1 Å². The third kappa shape index (κ3) is 2.92. The lowest BCUT2D eigenvalue weighted by atomic mass is 9.98. The number of ketones is 1. The van der Waals surface area contributed by atoms with E-state index in [9.17, 15) is 4.79 Å². The fourth-order valence-corrected chi connectivity index (χ4v) is 3.39. The maximum atomic E-state index is 12.4. The second-order valence-corrected chi connectivity index (χ2v) is 6.26. The number of hydrogen-bond donors (Lipinski definition) is 1. The molecule has 0 saturated carbocycles. The Hall–Kier alpha value is -1.49. The van der Waals surface area contributed by atoms with Gasteiger partial charge in [0.1, 0.15) is 0 Å². The zero-order valence-corrected chi connectivity index (χ0v) is 11.9. The zero-order chi connectivity index (χ0) is 13.1. The van der Waals surface area contributed by atoms with Gasteiger partial charge in [0.15, 0.2) is 5.78 Å². The smallest absolute Gasteiger partial charge is 0.187 e. The summed E-state index contributed by atoms with van der Waals surface area (Å²) in [6.45, 7) is 1.30. The van der Waals surface area contributed by atoms with Gasteiger partial charge in [0, 0.05) is 34.0 Å². The van der Waals surface area contributed by atoms with Crippen molar-refractivity contribution in [3.63, 3.8) is 0 Å². The highest BCUT2D eigenvalue weighted by molar-refractivity contribution is 7.11. The molecule has 0 spiro atoms. The van der Waals surface area contributed by atoms with Gasteiger partial charge < -0.3 is 5.32 Å². The molecule has 1 fully saturated rings. The second-order valence-electron chi connectivity index (χ2n) is 4.30. The number of Topliss-reactive ketones (excluding diaryl/α,β-unsaturated/α-hetero) is 1. The summed E-state index contributed by atoms with van der Waals surface area (Å²) in [5, 5.41) is 7.34. The number of carbonyl (C=O) groups excluding carboxylic acids is 1. The van der Waals surface area contributed by atoms with Gasteiger partial charge >= 0.3 is 0 Å². The minimum atomic E-state index is 0.167. The van der Waals surface area contributed by atoms with Gasteiger partial charge in [-0.25, -0.2) is 0 Å². The topological polar surface area (TPSA) is 29.1 Å². The van der Waals surface area contributed by atoms with Gasteiger partial charge in [0.05, 0.1) is 0 Å². The van der Waals surface area contributed by atoms with Crippen molar-refractivity contribution in [2.24, 2.45) is 0 Å². The lowest BCUT2D eigenvalue weighted by molar-refractivity contribution is -0.112. The molecule has 2 aromatic rings. The number of thiophene rings is 2. The van der Waals surface area contributed by atoms with Crippen LogP contribution in [0.15, 0.2) is 46.2 Å². The fourth-order valence-electron chi connectivity index (χ4n) is 2.02. The Morgan fingerprint density at radius 3 is 1.89 bits per heavy atom. The molecule has 0 unspecified atom stereocenters. The summed E-state index contributed by atoms with van der Waals surface area (Å²) in [4.78, 5) is 14.7. The summed E-state index contributed by atoms with van der Waals surface area (Å²) >= 11 is 3.30. The van der Waals surface area contributed by atoms with E-state index in [0.717, 1.165) is 20.9 Å². The van der Waals surface area contributed by atoms with E-state index in [4.69, 9.17) is 0 Å². The lowest BCUT2D eigenvalue weighted by Gasteiger charge is -2.17. The Morgan fingerprint density at radius 2 is 1.47 bits per heavy atom. The summed E-state index contributed by atoms with van der Waals surface area (Å²) in [6.07, 6.45) is 3.98. The van der Waals surface area contributed by atoms with Crippen molar-refractivity contribution in [2.75, 3.05) is 13.1 Å². The van der Waals surface area contributed by atoms with E-state index < -0.39 is 0 Å². The molecule has 1 aliphatic heterocycles. The van der Waals surface area contributed by atoms with E-state index >= 15 is 0 Å². The van der Waals surface area contributed by atoms with Crippen LogP contribution in [0.4, 0.5) is 0 Å². The predicted molar refractivity (Wildman–Crippen MR) is 82.5 cm³/mol. The Balaban J connectivity index is 1.87. The van der Waals surface area contributed by atoms with Crippen molar-refractivity contribution in [2.45, 2.75) is 0 Å². The number of piperidine rings is 1. The summed E-state index contributed by atoms with van der Waals surface area (Å²) in [7, 11) is 0. The molecule has 0 bridgehead atoms. The van der Waals surface area contributed by atoms with Gasteiger partial charge in [-0.15, -0.1) is 22.7 Å². The van der Waals surface area contributed by atoms with Crippen LogP contribution in [0.1, 0.15) is 9.75 Å². The highest BCUT2D eigenvalue weighted by Gasteiger charge is 2.20. The molecule has 19 heavy (non-hydrogen) atoms. The molecule has 2 nitrogen and oxygen atoms in total. The van der Waals surface area contributed by atoms with Gasteiger partial charge in [0.25, 0.3) is 0 Å². The van der Waals surface area contributed by atoms with Crippen molar-refractivity contribution in [1.82, 2.24) is 5.32 Å². The zero-order valence-electron chi connectivity index (χ0n) is 10.3. The molecule has 0 amide bonds. The van der Waals surface area contributed by atoms with Gasteiger partial charge in [-0.3, -0.25) is 4.79 Å². The first-order valence-electron chi connectivity index (χ1n) is 6.06. The van der Waals surface area contributed by atoms with Crippen LogP contribution < -0.4 is 5.32 Å². The molecular weight excluding hydrogens is 274 g/mol. The van der Waals surface area contributed by atoms with Crippen molar-refractivity contribution in [3.8, 4) is 0 Å². The third-order valence-electron chi connectivity index (χ3n) is 2.93. The minimum absolute atomic E-state index is 0.167. The van der Waals surface area contributed by atoms with E-state index in [1.54, 1.807) is 22.7 Å². The normalized spacial score (nSPS) is 20.3. The van der Waals surface area contributed by atoms with Crippen LogP contribution in [-0.2, 0) is 4.79 Å². The number of carbonyl (C=O) groups is 1. The van der Waals surface area contributed by atoms with E-state index in [0.29, 0.717) is 13.1 Å². The molecule has 1 N–H and O–H groups in total. The number of rotatable bonds is 2. The molecule has 1 saturated heterocycles. The summed E-state index contributed by atoms with van der Waals surface area (Å²) in [5.74, 6) is 0.167. The molecule has 0 atom stereocenters. The number of nitrogens with one attached hydrogen (secondary N) is 1. The van der Waals surface area contributed by atoms with Gasteiger partial charge in [0.2, 0.25) is 0 Å². The van der Waals surface area contributed by atoms with E-state index in [1.165, 1.54) is 0 Å². The van der Waals surface area contributed by atoms with Crippen LogP contribution in [0.25, 0.3) is 12.2 Å². The first-order valence-corrected chi connectivity index (χ1v) is 7.82. The molecule has 96 valence electrons. The van der Waals surface area contributed by atoms with Gasteiger partial charge in [-0.05, 0) is 35.0 Å². The maximum Gasteiger partial charge on any atom is 0.187 e. The van der Waals surface area contributed by atoms with Gasteiger partial charge in [-0.2, -0.15) is 0 Å². The van der Waals surface area contributed by atoms with Crippen LogP contribution in [0.5, 0.6) is 0 Å². The van der Waals surface area contributed by atoms with Crippen LogP contribution in [0.2, 0.25) is 0 Å². The first-order chi connectivity index (χ1) is 9.33. The van der Waals surface area contributed by atoms with Crippen LogP contribution in [-0.4, -0.2) is 18.9 Å². The third-order valence-corrected chi connectivity index (χ3v) is 4.57. The molecule has 3 heterocycles. The summed E-state index contributed by atoms with van der Waals surface area (Å²) in [5.41, 5.74) is 1.69. The molecule has 4 heteroatoms. The highest BCUT2D eigenvalue weighted by atomic mass is 32.1. The average Bonchev–Trinajstić information content (AvgIpc) is 3.07. The first kappa shape index (κ1) is 12.5. The average molecular weight is 287 g/mol. The van der Waals surface area contributed by atoms with E-state index in [-0.39, 0.29) is 5.78 Å². The minimum Gasteiger partial charge on any atom is -0.308 e. The number of hydrogen-bond acceptors (Lipinski definition) is 4. The monoisotopic (exact) mass is 287 g/mol. The van der Waals surface area contributed by atoms with Crippen molar-refractivity contribution < 1.29 is 4.79 Å². The maximum absolute atomic E-state index is 12.4. The molecular formula is C15H13NOS2. The van der Waals surface area contributed by atoms with Crippen molar-refractivity contribution >= 4 is 40.6 Å². The Bertz CT molecular complexity index is 567. The lowest BCUT2D eigenvalue weighted by Crippen LogP contribution is -2.32. The summed E-state index contributed by atoms with van der Waals surface area (Å²) < 4.78 is 0. The molecule has 1 aliphatic rings. The second kappa shape index (κ2) is 5.65. The standard InChI is InChI=1S/C15H13NOS2/c17-15-11(7-13-3-1-5-18-13)9-16-10-12(15)8-14-4-2-6-19-14/h1-8,16H,9-10H2. The van der Waals surface area contributed by atoms with E-state index in [2.05, 4.69) is 5.32 Å². The molecule has 0 aromatic carbocycles. The summed E-state index contributed by atoms with van der Waals surface area (Å²) in [6, 6.07) is 8.06. The largest absolute Gasteiger partial charge is 0.308 e. The highest BCUT2D eigenvalue weighted by Crippen LogP contribution is 2.20. The molecule has 0 radical (unpaired) electrons. The van der Waals surface area contributed by atoms with Crippen LogP contribution >= 0.6 is 22.7 Å². The molecule has 2 aromatic heterocycles. The van der Waals surface area contributed by atoms with Crippen LogP contribution in [0.3, 0.4) is 0 Å². The van der Waals surface area contributed by atoms with Crippen molar-refractivity contribution in [1.29, 1.82) is 0 Å². The predicted octanol–water partition coefficient (Wildman–Crippen LogP) is 3.45. The van der Waals surface area contributed by atoms with E-state index in [1.807, 2.05) is 47.2 Å². The SMILES string of the molecule is O=C1C(=Cc2cccs2)CNCC1=Cc1cccs1. The Labute approximate surface area is 120 Å². The van der Waals surface area contributed by atoms with Crippen LogP contribution in [0, 0.1) is 0 Å². The Kier molecular flexibility index (Phi) is 3.73. The van der Waals surface area contributed by atoms with Crippen molar-refractivity contribution in [3.05, 3.63) is 55.9 Å².